The number of rotatable bonds is 2. The van der Waals surface area contributed by atoms with Gasteiger partial charge in [-0.3, -0.25) is 0 Å². The zero-order valence-electron chi connectivity index (χ0n) is 7.60. The first-order valence-electron chi connectivity index (χ1n) is 3.92. The third kappa shape index (κ3) is 2.26. The fourth-order valence-corrected chi connectivity index (χ4v) is 0.909. The van der Waals surface area contributed by atoms with Crippen molar-refractivity contribution in [1.29, 1.82) is 0 Å². The summed E-state index contributed by atoms with van der Waals surface area (Å²) in [5, 5.41) is 18.5. The van der Waals surface area contributed by atoms with E-state index in [0.717, 1.165) is 6.08 Å². The molecular weight excluding hydrogens is 184 g/mol. The lowest BCUT2D eigenvalue weighted by Gasteiger charge is -2.00. The lowest BCUT2D eigenvalue weighted by Crippen LogP contribution is -1.93. The molecule has 0 saturated heterocycles. The topological polar surface area (TPSA) is 66.8 Å². The minimum Gasteiger partial charge on any atom is -0.504 e. The minimum absolute atomic E-state index is 0.225. The zero-order chi connectivity index (χ0) is 10.6. The van der Waals surface area contributed by atoms with Crippen molar-refractivity contribution in [1.82, 2.24) is 0 Å². The van der Waals surface area contributed by atoms with E-state index in [2.05, 4.69) is 4.74 Å². The molecule has 4 heteroatoms. The summed E-state index contributed by atoms with van der Waals surface area (Å²) in [5.41, 5.74) is 0.357. The van der Waals surface area contributed by atoms with Crippen LogP contribution in [-0.2, 0) is 9.53 Å². The van der Waals surface area contributed by atoms with Gasteiger partial charge in [0, 0.05) is 11.6 Å². The second kappa shape index (κ2) is 4.32. The van der Waals surface area contributed by atoms with E-state index in [1.807, 2.05) is 0 Å². The van der Waals surface area contributed by atoms with Gasteiger partial charge in [-0.1, -0.05) is 12.1 Å². The van der Waals surface area contributed by atoms with Crippen LogP contribution in [0, 0.1) is 0 Å². The van der Waals surface area contributed by atoms with Crippen LogP contribution in [0.4, 0.5) is 0 Å². The molecule has 0 unspecified atom stereocenters. The highest BCUT2D eigenvalue weighted by Gasteiger charge is 2.02. The lowest BCUT2D eigenvalue weighted by atomic mass is 10.2. The largest absolute Gasteiger partial charge is 0.504 e. The van der Waals surface area contributed by atoms with E-state index >= 15 is 0 Å². The van der Waals surface area contributed by atoms with Gasteiger partial charge in [-0.15, -0.1) is 0 Å². The molecule has 4 nitrogen and oxygen atoms in total. The number of carbonyl (C=O) groups excluding carboxylic acids is 1. The Kier molecular flexibility index (Phi) is 3.12. The first-order chi connectivity index (χ1) is 6.65. The van der Waals surface area contributed by atoms with Gasteiger partial charge in [0.1, 0.15) is 0 Å². The average molecular weight is 194 g/mol. The predicted molar refractivity (Wildman–Crippen MR) is 50.8 cm³/mol. The molecule has 0 amide bonds. The van der Waals surface area contributed by atoms with E-state index < -0.39 is 5.97 Å². The molecule has 0 aliphatic heterocycles. The van der Waals surface area contributed by atoms with Crippen LogP contribution < -0.4 is 0 Å². The van der Waals surface area contributed by atoms with Gasteiger partial charge < -0.3 is 14.9 Å². The van der Waals surface area contributed by atoms with Crippen LogP contribution >= 0.6 is 0 Å². The summed E-state index contributed by atoms with van der Waals surface area (Å²) in [5.74, 6) is -1.00. The van der Waals surface area contributed by atoms with E-state index in [4.69, 9.17) is 5.11 Å². The summed E-state index contributed by atoms with van der Waals surface area (Å²) < 4.78 is 4.37. The highest BCUT2D eigenvalue weighted by molar-refractivity contribution is 5.87. The average Bonchev–Trinajstić information content (AvgIpc) is 2.20. The van der Waals surface area contributed by atoms with Gasteiger partial charge in [0.2, 0.25) is 0 Å². The maximum absolute atomic E-state index is 10.7. The molecule has 0 fully saturated rings. The Balaban J connectivity index is 2.92. The molecule has 0 spiro atoms. The number of ether oxygens (including phenoxy) is 1. The maximum atomic E-state index is 10.7. The van der Waals surface area contributed by atoms with E-state index in [9.17, 15) is 9.90 Å². The van der Waals surface area contributed by atoms with Crippen LogP contribution in [0.5, 0.6) is 11.5 Å². The Morgan fingerprint density at radius 3 is 2.79 bits per heavy atom. The van der Waals surface area contributed by atoms with Gasteiger partial charge in [-0.25, -0.2) is 4.79 Å². The Hall–Kier alpha value is -1.97. The lowest BCUT2D eigenvalue weighted by molar-refractivity contribution is -0.134. The number of aromatic hydroxyl groups is 2. The van der Waals surface area contributed by atoms with E-state index in [-0.39, 0.29) is 11.5 Å². The molecule has 1 rings (SSSR count). The molecule has 74 valence electrons. The molecule has 2 N–H and O–H groups in total. The number of hydrogen-bond acceptors (Lipinski definition) is 4. The minimum atomic E-state index is -0.521. The molecule has 0 saturated carbocycles. The number of methoxy groups -OCH3 is 1. The summed E-state index contributed by atoms with van der Waals surface area (Å²) in [6, 6.07) is 4.48. The number of phenols is 2. The molecule has 1 aromatic carbocycles. The van der Waals surface area contributed by atoms with Gasteiger partial charge in [0.25, 0.3) is 0 Å². The van der Waals surface area contributed by atoms with E-state index in [1.54, 1.807) is 12.1 Å². The normalized spacial score (nSPS) is 10.4. The quantitative estimate of drug-likeness (QED) is 0.423. The third-order valence-electron chi connectivity index (χ3n) is 1.65. The second-order valence-electron chi connectivity index (χ2n) is 2.57. The van der Waals surface area contributed by atoms with Gasteiger partial charge in [0.05, 0.1) is 7.11 Å². The van der Waals surface area contributed by atoms with Crippen molar-refractivity contribution in [2.75, 3.05) is 7.11 Å². The predicted octanol–water partition coefficient (Wildman–Crippen LogP) is 1.28. The molecule has 0 radical (unpaired) electrons. The molecule has 0 aromatic heterocycles. The summed E-state index contributed by atoms with van der Waals surface area (Å²) in [4.78, 5) is 10.7. The molecule has 0 bridgehead atoms. The summed E-state index contributed by atoms with van der Waals surface area (Å²) >= 11 is 0. The molecule has 0 heterocycles. The van der Waals surface area contributed by atoms with Gasteiger partial charge in [-0.2, -0.15) is 0 Å². The first-order valence-corrected chi connectivity index (χ1v) is 3.92. The second-order valence-corrected chi connectivity index (χ2v) is 2.57. The molecular formula is C10H10O4. The highest BCUT2D eigenvalue weighted by Crippen LogP contribution is 2.28. The third-order valence-corrected chi connectivity index (χ3v) is 1.65. The van der Waals surface area contributed by atoms with Crippen LogP contribution in [0.2, 0.25) is 0 Å². The van der Waals surface area contributed by atoms with Crippen LogP contribution in [-0.4, -0.2) is 23.3 Å². The van der Waals surface area contributed by atoms with Crippen LogP contribution in [0.1, 0.15) is 5.56 Å². The fourth-order valence-electron chi connectivity index (χ4n) is 0.909. The summed E-state index contributed by atoms with van der Waals surface area (Å²) in [7, 11) is 1.26. The monoisotopic (exact) mass is 194 g/mol. The Labute approximate surface area is 81.1 Å². The number of para-hydroxylation sites is 1. The Morgan fingerprint density at radius 2 is 2.14 bits per heavy atom. The van der Waals surface area contributed by atoms with Crippen molar-refractivity contribution < 1.29 is 19.7 Å². The molecule has 0 aliphatic carbocycles. The number of esters is 1. The van der Waals surface area contributed by atoms with Crippen LogP contribution in [0.25, 0.3) is 6.08 Å². The maximum Gasteiger partial charge on any atom is 0.330 e. The van der Waals surface area contributed by atoms with Crippen molar-refractivity contribution in [2.24, 2.45) is 0 Å². The standard InChI is InChI=1S/C10H10O4/c1-14-9(12)6-5-7-3-2-4-8(11)10(7)13/h2-6,11,13H,1H3. The number of benzene rings is 1. The van der Waals surface area contributed by atoms with E-state index in [1.165, 1.54) is 19.3 Å². The molecule has 0 atom stereocenters. The number of carbonyl (C=O) groups is 1. The van der Waals surface area contributed by atoms with Crippen molar-refractivity contribution in [3.8, 4) is 11.5 Å². The first kappa shape index (κ1) is 10.1. The van der Waals surface area contributed by atoms with Gasteiger partial charge in [-0.05, 0) is 12.1 Å². The van der Waals surface area contributed by atoms with Crippen molar-refractivity contribution in [3.05, 3.63) is 29.8 Å². The van der Waals surface area contributed by atoms with Gasteiger partial charge >= 0.3 is 5.97 Å². The van der Waals surface area contributed by atoms with Crippen molar-refractivity contribution >= 4 is 12.0 Å². The molecule has 0 aliphatic rings. The smallest absolute Gasteiger partial charge is 0.330 e. The summed E-state index contributed by atoms with van der Waals surface area (Å²) in [6.07, 6.45) is 2.52. The molecule has 14 heavy (non-hydrogen) atoms. The fraction of sp³-hybridized carbons (Fsp3) is 0.100. The SMILES string of the molecule is COC(=O)C=Cc1cccc(O)c1O. The Bertz CT molecular complexity index is 368. The van der Waals surface area contributed by atoms with Crippen molar-refractivity contribution in [2.45, 2.75) is 0 Å². The van der Waals surface area contributed by atoms with E-state index in [0.29, 0.717) is 5.56 Å². The Morgan fingerprint density at radius 1 is 1.43 bits per heavy atom. The van der Waals surface area contributed by atoms with Crippen LogP contribution in [0.15, 0.2) is 24.3 Å². The zero-order valence-corrected chi connectivity index (χ0v) is 7.60. The van der Waals surface area contributed by atoms with Crippen molar-refractivity contribution in [3.63, 3.8) is 0 Å². The van der Waals surface area contributed by atoms with Crippen LogP contribution in [0.3, 0.4) is 0 Å². The summed E-state index contributed by atoms with van der Waals surface area (Å²) in [6.45, 7) is 0. The highest BCUT2D eigenvalue weighted by atomic mass is 16.5. The number of phenolic OH excluding ortho intramolecular Hbond substituents is 2. The number of hydrogen-bond donors (Lipinski definition) is 2. The van der Waals surface area contributed by atoms with Gasteiger partial charge in [0.15, 0.2) is 11.5 Å². The molecule has 1 aromatic rings.